The molecule has 4 N–H and O–H groups in total. The Balaban J connectivity index is 2.32. The van der Waals surface area contributed by atoms with Gasteiger partial charge < -0.3 is 11.5 Å². The highest BCUT2D eigenvalue weighted by molar-refractivity contribution is 5.95. The molecular weight excluding hydrogens is 206 g/mol. The Morgan fingerprint density at radius 2 is 2.25 bits per heavy atom. The molecule has 0 bridgehead atoms. The number of nitrogens with zero attached hydrogens (tertiary/aromatic N) is 3. The first-order valence-electron chi connectivity index (χ1n) is 4.76. The molecule has 0 radical (unpaired) electrons. The van der Waals surface area contributed by atoms with Crippen LogP contribution in [-0.2, 0) is 4.79 Å². The number of terminal acetylenes is 1. The molecule has 0 saturated carbocycles. The van der Waals surface area contributed by atoms with Crippen LogP contribution in [0.3, 0.4) is 0 Å². The summed E-state index contributed by atoms with van der Waals surface area (Å²) in [5.41, 5.74) is 11.0. The van der Waals surface area contributed by atoms with E-state index in [9.17, 15) is 4.79 Å². The molecule has 1 amide bonds. The van der Waals surface area contributed by atoms with Crippen LogP contribution in [0.2, 0.25) is 0 Å². The summed E-state index contributed by atoms with van der Waals surface area (Å²) in [7, 11) is 0. The van der Waals surface area contributed by atoms with Gasteiger partial charge in [-0.3, -0.25) is 9.69 Å². The van der Waals surface area contributed by atoms with Gasteiger partial charge in [0.1, 0.15) is 11.6 Å². The number of nitrogen functional groups attached to an aromatic ring is 2. The average Bonchev–Trinajstić information content (AvgIpc) is 2.58. The maximum absolute atomic E-state index is 11.7. The Morgan fingerprint density at radius 3 is 2.81 bits per heavy atom. The fourth-order valence-electron chi connectivity index (χ4n) is 1.65. The number of aromatic nitrogens is 2. The van der Waals surface area contributed by atoms with Gasteiger partial charge in [0.2, 0.25) is 11.9 Å². The summed E-state index contributed by atoms with van der Waals surface area (Å²) in [5, 5.41) is 0. The molecule has 0 aromatic carbocycles. The minimum absolute atomic E-state index is 0.0481. The SMILES string of the molecule is C#CC1CC(=O)N(c2cc(N)nc(N)n2)C1. The zero-order valence-corrected chi connectivity index (χ0v) is 8.55. The van der Waals surface area contributed by atoms with E-state index in [0.29, 0.717) is 18.8 Å². The van der Waals surface area contributed by atoms with E-state index in [0.717, 1.165) is 0 Å². The van der Waals surface area contributed by atoms with Crippen LogP contribution in [-0.4, -0.2) is 22.4 Å². The Bertz CT molecular complexity index is 458. The second-order valence-corrected chi connectivity index (χ2v) is 3.58. The quantitative estimate of drug-likeness (QED) is 0.625. The lowest BCUT2D eigenvalue weighted by molar-refractivity contribution is -0.117. The highest BCUT2D eigenvalue weighted by atomic mass is 16.2. The van der Waals surface area contributed by atoms with Crippen LogP contribution in [0.15, 0.2) is 6.07 Å². The molecule has 0 spiro atoms. The lowest BCUT2D eigenvalue weighted by atomic mass is 10.1. The van der Waals surface area contributed by atoms with Crippen molar-refractivity contribution in [1.29, 1.82) is 0 Å². The summed E-state index contributed by atoms with van der Waals surface area (Å²) in [5.74, 6) is 3.10. The zero-order chi connectivity index (χ0) is 11.7. The van der Waals surface area contributed by atoms with Crippen molar-refractivity contribution in [2.75, 3.05) is 22.9 Å². The summed E-state index contributed by atoms with van der Waals surface area (Å²) in [6, 6.07) is 1.51. The predicted molar refractivity (Wildman–Crippen MR) is 60.1 cm³/mol. The highest BCUT2D eigenvalue weighted by Gasteiger charge is 2.30. The van der Waals surface area contributed by atoms with Gasteiger partial charge in [0.05, 0.1) is 0 Å². The molecule has 2 heterocycles. The van der Waals surface area contributed by atoms with Crippen molar-refractivity contribution in [3.63, 3.8) is 0 Å². The number of hydrogen-bond donors (Lipinski definition) is 2. The smallest absolute Gasteiger partial charge is 0.229 e. The van der Waals surface area contributed by atoms with E-state index >= 15 is 0 Å². The summed E-state index contributed by atoms with van der Waals surface area (Å²) >= 11 is 0. The molecule has 6 nitrogen and oxygen atoms in total. The van der Waals surface area contributed by atoms with Gasteiger partial charge in [-0.05, 0) is 0 Å². The van der Waals surface area contributed by atoms with Crippen LogP contribution in [0.25, 0.3) is 0 Å². The van der Waals surface area contributed by atoms with E-state index in [2.05, 4.69) is 15.9 Å². The maximum Gasteiger partial charge on any atom is 0.229 e. The fourth-order valence-corrected chi connectivity index (χ4v) is 1.65. The van der Waals surface area contributed by atoms with Crippen LogP contribution in [0.1, 0.15) is 6.42 Å². The molecule has 1 fully saturated rings. The molecule has 0 aliphatic carbocycles. The van der Waals surface area contributed by atoms with Gasteiger partial charge in [-0.2, -0.15) is 9.97 Å². The second kappa shape index (κ2) is 3.70. The number of anilines is 3. The number of nitrogens with two attached hydrogens (primary N) is 2. The molecule has 2 rings (SSSR count). The molecular formula is C10H11N5O. The molecule has 1 aliphatic rings. The van der Waals surface area contributed by atoms with Crippen LogP contribution >= 0.6 is 0 Å². The molecule has 1 atom stereocenters. The number of rotatable bonds is 1. The van der Waals surface area contributed by atoms with E-state index in [1.165, 1.54) is 11.0 Å². The van der Waals surface area contributed by atoms with Crippen LogP contribution in [0, 0.1) is 18.3 Å². The van der Waals surface area contributed by atoms with Gasteiger partial charge >= 0.3 is 0 Å². The largest absolute Gasteiger partial charge is 0.383 e. The van der Waals surface area contributed by atoms with Crippen LogP contribution in [0.5, 0.6) is 0 Å². The first-order chi connectivity index (χ1) is 7.60. The third kappa shape index (κ3) is 1.75. The Labute approximate surface area is 92.7 Å². The van der Waals surface area contributed by atoms with Gasteiger partial charge in [-0.25, -0.2) is 0 Å². The summed E-state index contributed by atoms with van der Waals surface area (Å²) in [6.07, 6.45) is 5.62. The van der Waals surface area contributed by atoms with Gasteiger partial charge in [0.25, 0.3) is 0 Å². The molecule has 1 saturated heterocycles. The maximum atomic E-state index is 11.7. The second-order valence-electron chi connectivity index (χ2n) is 3.58. The molecule has 6 heteroatoms. The number of hydrogen-bond acceptors (Lipinski definition) is 5. The molecule has 1 unspecified atom stereocenters. The summed E-state index contributed by atoms with van der Waals surface area (Å²) in [4.78, 5) is 20.8. The standard InChI is InChI=1S/C10H11N5O/c1-2-6-3-9(16)15(5-6)8-4-7(11)13-10(12)14-8/h1,4,6H,3,5H2,(H4,11,12,13,14). The first kappa shape index (κ1) is 10.2. The van der Waals surface area contributed by atoms with Gasteiger partial charge in [0, 0.05) is 24.9 Å². The summed E-state index contributed by atoms with van der Waals surface area (Å²) in [6.45, 7) is 0.450. The molecule has 16 heavy (non-hydrogen) atoms. The topological polar surface area (TPSA) is 98.1 Å². The molecule has 1 aromatic rings. The van der Waals surface area contributed by atoms with Crippen molar-refractivity contribution < 1.29 is 4.79 Å². The van der Waals surface area contributed by atoms with Gasteiger partial charge in [0.15, 0.2) is 0 Å². The van der Waals surface area contributed by atoms with Crippen molar-refractivity contribution in [2.24, 2.45) is 5.92 Å². The van der Waals surface area contributed by atoms with E-state index in [4.69, 9.17) is 17.9 Å². The van der Waals surface area contributed by atoms with Crippen molar-refractivity contribution in [3.8, 4) is 12.3 Å². The van der Waals surface area contributed by atoms with E-state index in [-0.39, 0.29) is 23.6 Å². The first-order valence-corrected chi connectivity index (χ1v) is 4.76. The fraction of sp³-hybridized carbons (Fsp3) is 0.300. The lowest BCUT2D eigenvalue weighted by Gasteiger charge is -2.14. The Morgan fingerprint density at radius 1 is 1.50 bits per heavy atom. The Hall–Kier alpha value is -2.29. The van der Waals surface area contributed by atoms with E-state index in [1.807, 2.05) is 0 Å². The Kier molecular flexibility index (Phi) is 2.37. The molecule has 1 aromatic heterocycles. The van der Waals surface area contributed by atoms with Gasteiger partial charge in [-0.15, -0.1) is 12.3 Å². The monoisotopic (exact) mass is 217 g/mol. The molecule has 82 valence electrons. The highest BCUT2D eigenvalue weighted by Crippen LogP contribution is 2.24. The average molecular weight is 217 g/mol. The van der Waals surface area contributed by atoms with Crippen molar-refractivity contribution in [1.82, 2.24) is 9.97 Å². The lowest BCUT2D eigenvalue weighted by Crippen LogP contribution is -2.26. The predicted octanol–water partition coefficient (Wildman–Crippen LogP) is -0.373. The molecule has 1 aliphatic heterocycles. The number of carbonyl (C=O) groups is 1. The van der Waals surface area contributed by atoms with Crippen molar-refractivity contribution in [2.45, 2.75) is 6.42 Å². The normalized spacial score (nSPS) is 19.8. The van der Waals surface area contributed by atoms with Crippen LogP contribution in [0.4, 0.5) is 17.6 Å². The number of amides is 1. The van der Waals surface area contributed by atoms with E-state index < -0.39 is 0 Å². The summed E-state index contributed by atoms with van der Waals surface area (Å²) < 4.78 is 0. The van der Waals surface area contributed by atoms with E-state index in [1.54, 1.807) is 0 Å². The van der Waals surface area contributed by atoms with Gasteiger partial charge in [-0.1, -0.05) is 0 Å². The zero-order valence-electron chi connectivity index (χ0n) is 8.55. The third-order valence-electron chi connectivity index (χ3n) is 2.39. The van der Waals surface area contributed by atoms with Crippen LogP contribution < -0.4 is 16.4 Å². The van der Waals surface area contributed by atoms with Crippen molar-refractivity contribution >= 4 is 23.5 Å². The van der Waals surface area contributed by atoms with Crippen molar-refractivity contribution in [3.05, 3.63) is 6.07 Å². The third-order valence-corrected chi connectivity index (χ3v) is 2.39. The minimum Gasteiger partial charge on any atom is -0.383 e. The number of carbonyl (C=O) groups excluding carboxylic acids is 1. The minimum atomic E-state index is -0.0788.